The highest BCUT2D eigenvalue weighted by Crippen LogP contribution is 2.11. The zero-order valence-corrected chi connectivity index (χ0v) is 9.39. The smallest absolute Gasteiger partial charge is 0.332 e. The van der Waals surface area contributed by atoms with Crippen molar-refractivity contribution in [1.29, 1.82) is 0 Å². The van der Waals surface area contributed by atoms with Crippen molar-refractivity contribution in [1.82, 2.24) is 5.32 Å². The summed E-state index contributed by atoms with van der Waals surface area (Å²) in [5, 5.41) is 19.7. The summed E-state index contributed by atoms with van der Waals surface area (Å²) in [5.41, 5.74) is 5.27. The van der Waals surface area contributed by atoms with Crippen molar-refractivity contribution in [3.63, 3.8) is 0 Å². The van der Waals surface area contributed by atoms with E-state index >= 15 is 0 Å². The fourth-order valence-electron chi connectivity index (χ4n) is 1.22. The highest BCUT2D eigenvalue weighted by atomic mass is 19.1. The molecule has 18 heavy (non-hydrogen) atoms. The number of carbonyl (C=O) groups excluding carboxylic acids is 1. The molecule has 1 aromatic rings. The summed E-state index contributed by atoms with van der Waals surface area (Å²) < 4.78 is 13.1. The van der Waals surface area contributed by atoms with Crippen LogP contribution >= 0.6 is 0 Å². The van der Waals surface area contributed by atoms with E-state index in [2.05, 4.69) is 5.32 Å². The van der Waals surface area contributed by atoms with Crippen LogP contribution in [-0.4, -0.2) is 34.7 Å². The first kappa shape index (κ1) is 13.9. The predicted molar refractivity (Wildman–Crippen MR) is 61.4 cm³/mol. The van der Waals surface area contributed by atoms with Gasteiger partial charge in [-0.25, -0.2) is 9.18 Å². The van der Waals surface area contributed by atoms with Crippen LogP contribution in [0.5, 0.6) is 0 Å². The molecule has 0 saturated heterocycles. The van der Waals surface area contributed by atoms with Crippen molar-refractivity contribution >= 4 is 17.6 Å². The third-order valence-electron chi connectivity index (χ3n) is 2.25. The molecule has 0 saturated carbocycles. The Morgan fingerprint density at radius 1 is 1.44 bits per heavy atom. The molecule has 0 unspecified atom stereocenters. The van der Waals surface area contributed by atoms with Gasteiger partial charge in [-0.2, -0.15) is 0 Å². The number of hydrogen-bond donors (Lipinski definition) is 4. The molecule has 1 amide bonds. The number of rotatable bonds is 5. The molecule has 0 bridgehead atoms. The quantitative estimate of drug-likeness (QED) is 0.553. The minimum atomic E-state index is -1.53. The number of aliphatic hydroxyl groups excluding tert-OH is 1. The SMILES string of the molecule is Nc1ccc(C(=O)NCC[C@H](O)C(=O)O)cc1F. The number of amides is 1. The summed E-state index contributed by atoms with van der Waals surface area (Å²) in [6, 6.07) is 3.59. The first-order valence-corrected chi connectivity index (χ1v) is 5.16. The molecule has 0 radical (unpaired) electrons. The monoisotopic (exact) mass is 256 g/mol. The molecule has 0 aliphatic rings. The van der Waals surface area contributed by atoms with Crippen molar-refractivity contribution in [3.05, 3.63) is 29.6 Å². The number of carboxylic acid groups (broad SMARTS) is 1. The van der Waals surface area contributed by atoms with E-state index in [4.69, 9.17) is 15.9 Å². The third kappa shape index (κ3) is 3.70. The van der Waals surface area contributed by atoms with Crippen LogP contribution in [0.1, 0.15) is 16.8 Å². The van der Waals surface area contributed by atoms with E-state index in [0.717, 1.165) is 6.07 Å². The molecule has 98 valence electrons. The Bertz CT molecular complexity index is 464. The molecule has 5 N–H and O–H groups in total. The van der Waals surface area contributed by atoms with Gasteiger partial charge in [-0.15, -0.1) is 0 Å². The van der Waals surface area contributed by atoms with E-state index in [-0.39, 0.29) is 24.2 Å². The van der Waals surface area contributed by atoms with Crippen LogP contribution in [0.3, 0.4) is 0 Å². The molecule has 6 nitrogen and oxygen atoms in total. The van der Waals surface area contributed by atoms with Crippen molar-refractivity contribution in [2.75, 3.05) is 12.3 Å². The lowest BCUT2D eigenvalue weighted by atomic mass is 10.2. The maximum absolute atomic E-state index is 13.1. The van der Waals surface area contributed by atoms with Gasteiger partial charge in [0.1, 0.15) is 5.82 Å². The normalized spacial score (nSPS) is 11.9. The molecule has 7 heteroatoms. The minimum Gasteiger partial charge on any atom is -0.479 e. The minimum absolute atomic E-state index is 0.0295. The van der Waals surface area contributed by atoms with Gasteiger partial charge in [0.25, 0.3) is 5.91 Å². The molecule has 1 rings (SSSR count). The summed E-state index contributed by atoms with van der Waals surface area (Å²) in [5.74, 6) is -2.62. The number of aliphatic hydroxyl groups is 1. The van der Waals surface area contributed by atoms with Gasteiger partial charge >= 0.3 is 5.97 Å². The molecule has 0 aromatic heterocycles. The van der Waals surface area contributed by atoms with Crippen molar-refractivity contribution in [3.8, 4) is 0 Å². The van der Waals surface area contributed by atoms with Gasteiger partial charge in [0.05, 0.1) is 5.69 Å². The molecule has 0 aliphatic carbocycles. The summed E-state index contributed by atoms with van der Waals surface area (Å²) in [6.45, 7) is -0.0295. The molecule has 0 aliphatic heterocycles. The maximum Gasteiger partial charge on any atom is 0.332 e. The molecule has 0 spiro atoms. The van der Waals surface area contributed by atoms with Gasteiger partial charge in [-0.1, -0.05) is 0 Å². The Kier molecular flexibility index (Phi) is 4.61. The summed E-state index contributed by atoms with van der Waals surface area (Å²) >= 11 is 0. The van der Waals surface area contributed by atoms with E-state index in [9.17, 15) is 14.0 Å². The van der Waals surface area contributed by atoms with E-state index in [0.29, 0.717) is 0 Å². The lowest BCUT2D eigenvalue weighted by molar-refractivity contribution is -0.146. The van der Waals surface area contributed by atoms with E-state index < -0.39 is 23.8 Å². The van der Waals surface area contributed by atoms with Gasteiger partial charge in [0.2, 0.25) is 0 Å². The second-order valence-corrected chi connectivity index (χ2v) is 3.63. The van der Waals surface area contributed by atoms with Crippen LogP contribution in [0.15, 0.2) is 18.2 Å². The number of halogens is 1. The third-order valence-corrected chi connectivity index (χ3v) is 2.25. The number of nitrogens with one attached hydrogen (secondary N) is 1. The predicted octanol–water partition coefficient (Wildman–Crippen LogP) is -0.0267. The lowest BCUT2D eigenvalue weighted by Crippen LogP contribution is -2.30. The average molecular weight is 256 g/mol. The van der Waals surface area contributed by atoms with Gasteiger partial charge in [-0.05, 0) is 18.2 Å². The van der Waals surface area contributed by atoms with Crippen molar-refractivity contribution in [2.24, 2.45) is 0 Å². The van der Waals surface area contributed by atoms with E-state index in [1.807, 2.05) is 0 Å². The van der Waals surface area contributed by atoms with E-state index in [1.165, 1.54) is 12.1 Å². The maximum atomic E-state index is 13.1. The zero-order valence-electron chi connectivity index (χ0n) is 9.39. The fourth-order valence-corrected chi connectivity index (χ4v) is 1.22. The highest BCUT2D eigenvalue weighted by molar-refractivity contribution is 5.94. The van der Waals surface area contributed by atoms with Gasteiger partial charge in [0.15, 0.2) is 6.10 Å². The van der Waals surface area contributed by atoms with Crippen molar-refractivity contribution in [2.45, 2.75) is 12.5 Å². The topological polar surface area (TPSA) is 113 Å². The largest absolute Gasteiger partial charge is 0.479 e. The van der Waals surface area contributed by atoms with Crippen LogP contribution in [0.25, 0.3) is 0 Å². The first-order chi connectivity index (χ1) is 8.41. The van der Waals surface area contributed by atoms with Crippen LogP contribution in [0.4, 0.5) is 10.1 Å². The number of aliphatic carboxylic acids is 1. The zero-order chi connectivity index (χ0) is 13.7. The number of nitrogen functional groups attached to an aromatic ring is 1. The van der Waals surface area contributed by atoms with Crippen LogP contribution in [0, 0.1) is 5.82 Å². The molecular weight excluding hydrogens is 243 g/mol. The number of carbonyl (C=O) groups is 2. The molecule has 0 heterocycles. The van der Waals surface area contributed by atoms with Gasteiger partial charge < -0.3 is 21.3 Å². The Morgan fingerprint density at radius 3 is 2.67 bits per heavy atom. The molecule has 0 fully saturated rings. The Labute approximate surface area is 102 Å². The summed E-state index contributed by atoms with van der Waals surface area (Å²) in [7, 11) is 0. The summed E-state index contributed by atoms with van der Waals surface area (Å²) in [4.78, 5) is 21.8. The number of hydrogen-bond acceptors (Lipinski definition) is 4. The molecule has 1 atom stereocenters. The molecular formula is C11H13FN2O4. The second kappa shape index (κ2) is 5.97. The second-order valence-electron chi connectivity index (χ2n) is 3.63. The fraction of sp³-hybridized carbons (Fsp3) is 0.273. The van der Waals surface area contributed by atoms with Crippen LogP contribution in [-0.2, 0) is 4.79 Å². The average Bonchev–Trinajstić information content (AvgIpc) is 2.32. The van der Waals surface area contributed by atoms with Gasteiger partial charge in [0, 0.05) is 18.5 Å². The number of carboxylic acids is 1. The highest BCUT2D eigenvalue weighted by Gasteiger charge is 2.13. The number of nitrogens with two attached hydrogens (primary N) is 1. The van der Waals surface area contributed by atoms with Gasteiger partial charge in [-0.3, -0.25) is 4.79 Å². The van der Waals surface area contributed by atoms with E-state index in [1.54, 1.807) is 0 Å². The molecule has 1 aromatic carbocycles. The lowest BCUT2D eigenvalue weighted by Gasteiger charge is -2.07. The van der Waals surface area contributed by atoms with Crippen molar-refractivity contribution < 1.29 is 24.2 Å². The number of anilines is 1. The Hall–Kier alpha value is -2.15. The Balaban J connectivity index is 2.50. The van der Waals surface area contributed by atoms with Crippen LogP contribution < -0.4 is 11.1 Å². The standard InChI is InChI=1S/C11H13FN2O4/c12-7-5-6(1-2-8(7)13)10(16)14-4-3-9(15)11(17)18/h1-2,5,9,15H,3-4,13H2,(H,14,16)(H,17,18)/t9-/m0/s1. The van der Waals surface area contributed by atoms with Crippen LogP contribution in [0.2, 0.25) is 0 Å². The summed E-state index contributed by atoms with van der Waals surface area (Å²) in [6.07, 6.45) is -1.66. The Morgan fingerprint density at radius 2 is 2.11 bits per heavy atom. The number of benzene rings is 1. The first-order valence-electron chi connectivity index (χ1n) is 5.16.